The highest BCUT2D eigenvalue weighted by atomic mass is 16.5. The van der Waals surface area contributed by atoms with Crippen LogP contribution in [0.1, 0.15) is 29.7 Å². The summed E-state index contributed by atoms with van der Waals surface area (Å²) in [7, 11) is 1.69. The number of benzene rings is 2. The lowest BCUT2D eigenvalue weighted by Gasteiger charge is -2.19. The Hall–Kier alpha value is -1.84. The lowest BCUT2D eigenvalue weighted by Crippen LogP contribution is -2.32. The lowest BCUT2D eigenvalue weighted by atomic mass is 10.0. The Balaban J connectivity index is 1.90. The first-order valence-electron chi connectivity index (χ1n) is 7.70. The largest absolute Gasteiger partial charge is 0.496 e. The summed E-state index contributed by atoms with van der Waals surface area (Å²) in [4.78, 5) is 0. The van der Waals surface area contributed by atoms with Gasteiger partial charge in [0.1, 0.15) is 5.75 Å². The molecular weight excluding hydrogens is 274 g/mol. The molecule has 0 aliphatic heterocycles. The minimum atomic E-state index is -0.485. The van der Waals surface area contributed by atoms with E-state index in [0.29, 0.717) is 6.54 Å². The van der Waals surface area contributed by atoms with Crippen LogP contribution in [0.15, 0.2) is 48.5 Å². The Bertz CT molecular complexity index is 597. The van der Waals surface area contributed by atoms with Crippen LogP contribution >= 0.6 is 0 Å². The molecule has 0 spiro atoms. The molecule has 0 aliphatic rings. The Morgan fingerprint density at radius 3 is 2.50 bits per heavy atom. The van der Waals surface area contributed by atoms with Gasteiger partial charge in [0, 0.05) is 12.6 Å². The fourth-order valence-electron chi connectivity index (χ4n) is 2.66. The lowest BCUT2D eigenvalue weighted by molar-refractivity contribution is 0.170. The predicted octanol–water partition coefficient (Wildman–Crippen LogP) is 3.26. The summed E-state index contributed by atoms with van der Waals surface area (Å²) in [5.74, 6) is 0.913. The van der Waals surface area contributed by atoms with E-state index in [2.05, 4.69) is 18.3 Å². The van der Waals surface area contributed by atoms with Crippen LogP contribution in [-0.4, -0.2) is 24.8 Å². The highest BCUT2D eigenvalue weighted by Crippen LogP contribution is 2.20. The molecule has 2 aromatic carbocycles. The minimum absolute atomic E-state index is 0.259. The van der Waals surface area contributed by atoms with Gasteiger partial charge in [-0.05, 0) is 43.0 Å². The zero-order valence-electron chi connectivity index (χ0n) is 13.5. The average molecular weight is 299 g/mol. The first-order valence-corrected chi connectivity index (χ1v) is 7.70. The van der Waals surface area contributed by atoms with E-state index in [1.807, 2.05) is 49.4 Å². The van der Waals surface area contributed by atoms with Gasteiger partial charge in [-0.15, -0.1) is 0 Å². The van der Waals surface area contributed by atoms with Crippen molar-refractivity contribution in [3.63, 3.8) is 0 Å². The molecule has 3 nitrogen and oxygen atoms in total. The quantitative estimate of drug-likeness (QED) is 0.824. The smallest absolute Gasteiger partial charge is 0.122 e. The Kier molecular flexibility index (Phi) is 5.99. The highest BCUT2D eigenvalue weighted by Gasteiger charge is 2.12. The molecule has 22 heavy (non-hydrogen) atoms. The van der Waals surface area contributed by atoms with Crippen molar-refractivity contribution in [2.45, 2.75) is 32.4 Å². The summed E-state index contributed by atoms with van der Waals surface area (Å²) < 4.78 is 5.38. The van der Waals surface area contributed by atoms with E-state index in [4.69, 9.17) is 4.74 Å². The van der Waals surface area contributed by atoms with Crippen LogP contribution in [0.2, 0.25) is 0 Å². The molecule has 0 aliphatic carbocycles. The van der Waals surface area contributed by atoms with Crippen LogP contribution in [0.3, 0.4) is 0 Å². The van der Waals surface area contributed by atoms with Gasteiger partial charge in [-0.1, -0.05) is 42.5 Å². The maximum atomic E-state index is 10.3. The molecule has 2 aromatic rings. The van der Waals surface area contributed by atoms with Crippen molar-refractivity contribution < 1.29 is 9.84 Å². The fraction of sp³-hybridized carbons (Fsp3) is 0.368. The Morgan fingerprint density at radius 1 is 1.09 bits per heavy atom. The molecule has 0 saturated heterocycles. The van der Waals surface area contributed by atoms with Gasteiger partial charge in [-0.2, -0.15) is 0 Å². The summed E-state index contributed by atoms with van der Waals surface area (Å²) in [6.45, 7) is 4.69. The van der Waals surface area contributed by atoms with Gasteiger partial charge in [-0.25, -0.2) is 0 Å². The number of rotatable bonds is 7. The molecule has 0 radical (unpaired) electrons. The molecule has 118 valence electrons. The molecule has 0 bridgehead atoms. The number of hydrogen-bond donors (Lipinski definition) is 2. The van der Waals surface area contributed by atoms with E-state index in [-0.39, 0.29) is 6.04 Å². The third-order valence-electron chi connectivity index (χ3n) is 3.93. The summed E-state index contributed by atoms with van der Waals surface area (Å²) in [5.41, 5.74) is 3.28. The predicted molar refractivity (Wildman–Crippen MR) is 90.3 cm³/mol. The standard InChI is InChI=1S/C19H25NO2/c1-14-8-4-6-10-17(14)18(21)13-20-15(2)12-16-9-5-7-11-19(16)22-3/h4-11,15,18,20-21H,12-13H2,1-3H3/t15?,18-/m0/s1. The third-order valence-corrected chi connectivity index (χ3v) is 3.93. The number of hydrogen-bond acceptors (Lipinski definition) is 3. The molecule has 2 rings (SSSR count). The van der Waals surface area contributed by atoms with E-state index >= 15 is 0 Å². The van der Waals surface area contributed by atoms with Gasteiger partial charge in [0.05, 0.1) is 13.2 Å². The highest BCUT2D eigenvalue weighted by molar-refractivity contribution is 5.33. The maximum Gasteiger partial charge on any atom is 0.122 e. The fourth-order valence-corrected chi connectivity index (χ4v) is 2.66. The SMILES string of the molecule is COc1ccccc1CC(C)NC[C@H](O)c1ccccc1C. The first-order chi connectivity index (χ1) is 10.6. The maximum absolute atomic E-state index is 10.3. The summed E-state index contributed by atoms with van der Waals surface area (Å²) >= 11 is 0. The minimum Gasteiger partial charge on any atom is -0.496 e. The third kappa shape index (κ3) is 4.33. The molecular formula is C19H25NO2. The van der Waals surface area contributed by atoms with Crippen molar-refractivity contribution in [2.24, 2.45) is 0 Å². The van der Waals surface area contributed by atoms with Crippen molar-refractivity contribution in [1.82, 2.24) is 5.32 Å². The normalized spacial score (nSPS) is 13.6. The van der Waals surface area contributed by atoms with E-state index in [1.54, 1.807) is 7.11 Å². The molecule has 2 atom stereocenters. The molecule has 0 heterocycles. The Labute approximate surface area is 133 Å². The second-order valence-corrected chi connectivity index (χ2v) is 5.70. The second kappa shape index (κ2) is 7.97. The van der Waals surface area contributed by atoms with Crippen molar-refractivity contribution in [2.75, 3.05) is 13.7 Å². The van der Waals surface area contributed by atoms with Gasteiger partial charge in [0.25, 0.3) is 0 Å². The zero-order valence-corrected chi connectivity index (χ0v) is 13.5. The van der Waals surface area contributed by atoms with Gasteiger partial charge < -0.3 is 15.2 Å². The molecule has 0 saturated carbocycles. The zero-order chi connectivity index (χ0) is 15.9. The topological polar surface area (TPSA) is 41.5 Å². The van der Waals surface area contributed by atoms with Crippen molar-refractivity contribution in [3.8, 4) is 5.75 Å². The number of methoxy groups -OCH3 is 1. The molecule has 0 aromatic heterocycles. The van der Waals surface area contributed by atoms with Crippen LogP contribution < -0.4 is 10.1 Å². The van der Waals surface area contributed by atoms with E-state index in [1.165, 1.54) is 5.56 Å². The average Bonchev–Trinajstić information content (AvgIpc) is 2.53. The van der Waals surface area contributed by atoms with Crippen molar-refractivity contribution in [3.05, 3.63) is 65.2 Å². The second-order valence-electron chi connectivity index (χ2n) is 5.70. The number of aliphatic hydroxyl groups excluding tert-OH is 1. The van der Waals surface area contributed by atoms with E-state index in [9.17, 15) is 5.11 Å². The number of aliphatic hydroxyl groups is 1. The van der Waals surface area contributed by atoms with E-state index in [0.717, 1.165) is 23.3 Å². The number of para-hydroxylation sites is 1. The van der Waals surface area contributed by atoms with Crippen LogP contribution in [0.5, 0.6) is 5.75 Å². The van der Waals surface area contributed by atoms with Crippen LogP contribution in [0.25, 0.3) is 0 Å². The van der Waals surface area contributed by atoms with Crippen molar-refractivity contribution >= 4 is 0 Å². The van der Waals surface area contributed by atoms with E-state index < -0.39 is 6.10 Å². The molecule has 3 heteroatoms. The van der Waals surface area contributed by atoms with Gasteiger partial charge in [0.15, 0.2) is 0 Å². The monoisotopic (exact) mass is 299 g/mol. The first kappa shape index (κ1) is 16.5. The van der Waals surface area contributed by atoms with Crippen molar-refractivity contribution in [1.29, 1.82) is 0 Å². The van der Waals surface area contributed by atoms with Gasteiger partial charge in [-0.3, -0.25) is 0 Å². The summed E-state index contributed by atoms with van der Waals surface area (Å²) in [6.07, 6.45) is 0.381. The summed E-state index contributed by atoms with van der Waals surface area (Å²) in [5, 5.41) is 13.7. The molecule has 0 fully saturated rings. The van der Waals surface area contributed by atoms with Gasteiger partial charge in [0.2, 0.25) is 0 Å². The summed E-state index contributed by atoms with van der Waals surface area (Å²) in [6, 6.07) is 16.3. The molecule has 1 unspecified atom stereocenters. The number of nitrogens with one attached hydrogen (secondary N) is 1. The van der Waals surface area contributed by atoms with Gasteiger partial charge >= 0.3 is 0 Å². The molecule has 2 N–H and O–H groups in total. The molecule has 0 amide bonds. The van der Waals surface area contributed by atoms with Crippen LogP contribution in [0.4, 0.5) is 0 Å². The number of ether oxygens (including phenoxy) is 1. The van der Waals surface area contributed by atoms with Crippen LogP contribution in [-0.2, 0) is 6.42 Å². The van der Waals surface area contributed by atoms with Crippen LogP contribution in [0, 0.1) is 6.92 Å². The Morgan fingerprint density at radius 2 is 1.77 bits per heavy atom. The number of aryl methyl sites for hydroxylation is 1.